The van der Waals surface area contributed by atoms with E-state index in [1.807, 2.05) is 30.0 Å². The maximum absolute atomic E-state index is 4.42. The highest BCUT2D eigenvalue weighted by molar-refractivity contribution is 9.11. The summed E-state index contributed by atoms with van der Waals surface area (Å²) in [6, 6.07) is 4.79. The average molecular weight is 342 g/mol. The monoisotopic (exact) mass is 341 g/mol. The van der Waals surface area contributed by atoms with Gasteiger partial charge in [-0.3, -0.25) is 4.68 Å². The number of likely N-dealkylation sites (N-methyl/N-ethyl adjacent to an activating group) is 1. The summed E-state index contributed by atoms with van der Waals surface area (Å²) in [7, 11) is 2.01. The predicted octanol–water partition coefficient (Wildman–Crippen LogP) is 3.75. The van der Waals surface area contributed by atoms with E-state index in [0.29, 0.717) is 6.04 Å². The molecule has 0 aliphatic carbocycles. The zero-order valence-electron chi connectivity index (χ0n) is 11.8. The van der Waals surface area contributed by atoms with E-state index >= 15 is 0 Å². The van der Waals surface area contributed by atoms with Gasteiger partial charge in [-0.2, -0.15) is 5.10 Å². The Morgan fingerprint density at radius 3 is 2.63 bits per heavy atom. The van der Waals surface area contributed by atoms with Gasteiger partial charge >= 0.3 is 0 Å². The van der Waals surface area contributed by atoms with Crippen LogP contribution in [-0.4, -0.2) is 16.3 Å². The molecule has 0 fully saturated rings. The van der Waals surface area contributed by atoms with Crippen molar-refractivity contribution in [2.75, 3.05) is 6.54 Å². The molecule has 2 aromatic heterocycles. The minimum Gasteiger partial charge on any atom is -0.309 e. The molecule has 104 valence electrons. The Morgan fingerprint density at radius 2 is 2.16 bits per heavy atom. The van der Waals surface area contributed by atoms with Gasteiger partial charge in [0.25, 0.3) is 0 Å². The molecule has 0 amide bonds. The van der Waals surface area contributed by atoms with E-state index < -0.39 is 0 Å². The van der Waals surface area contributed by atoms with Crippen LogP contribution in [0.5, 0.6) is 0 Å². The van der Waals surface area contributed by atoms with E-state index in [-0.39, 0.29) is 0 Å². The van der Waals surface area contributed by atoms with Crippen LogP contribution in [0.15, 0.2) is 15.9 Å². The van der Waals surface area contributed by atoms with Gasteiger partial charge in [-0.25, -0.2) is 0 Å². The standard InChI is InChI=1S/C14H20BrN3S/c1-5-16-12(13-6-9(2)14(15)19-13)8-11-7-10(3)17-18(11)4/h6-7,12,16H,5,8H2,1-4H3. The molecule has 5 heteroatoms. The van der Waals surface area contributed by atoms with Crippen LogP contribution in [0, 0.1) is 13.8 Å². The highest BCUT2D eigenvalue weighted by Crippen LogP contribution is 2.32. The molecule has 1 unspecified atom stereocenters. The van der Waals surface area contributed by atoms with E-state index in [1.54, 1.807) is 0 Å². The molecule has 3 nitrogen and oxygen atoms in total. The normalized spacial score (nSPS) is 12.9. The third-order valence-electron chi connectivity index (χ3n) is 3.18. The van der Waals surface area contributed by atoms with Gasteiger partial charge in [-0.15, -0.1) is 11.3 Å². The molecule has 0 aromatic carbocycles. The third kappa shape index (κ3) is 3.46. The highest BCUT2D eigenvalue weighted by atomic mass is 79.9. The molecular formula is C14H20BrN3S. The molecule has 0 aliphatic rings. The Morgan fingerprint density at radius 1 is 1.42 bits per heavy atom. The largest absolute Gasteiger partial charge is 0.309 e. The van der Waals surface area contributed by atoms with E-state index in [4.69, 9.17) is 0 Å². The van der Waals surface area contributed by atoms with E-state index in [1.165, 1.54) is 19.9 Å². The molecule has 19 heavy (non-hydrogen) atoms. The van der Waals surface area contributed by atoms with Crippen LogP contribution in [0.4, 0.5) is 0 Å². The minimum atomic E-state index is 0.356. The minimum absolute atomic E-state index is 0.356. The van der Waals surface area contributed by atoms with Gasteiger partial charge in [0.15, 0.2) is 0 Å². The summed E-state index contributed by atoms with van der Waals surface area (Å²) in [5, 5.41) is 8.00. The predicted molar refractivity (Wildman–Crippen MR) is 84.8 cm³/mol. The summed E-state index contributed by atoms with van der Waals surface area (Å²) in [6.45, 7) is 7.30. The number of nitrogens with zero attached hydrogens (tertiary/aromatic N) is 2. The van der Waals surface area contributed by atoms with Crippen LogP contribution in [0.2, 0.25) is 0 Å². The second kappa shape index (κ2) is 6.20. The molecule has 1 N–H and O–H groups in total. The number of thiophene rings is 1. The summed E-state index contributed by atoms with van der Waals surface area (Å²) >= 11 is 5.43. The molecule has 1 atom stereocenters. The van der Waals surface area contributed by atoms with Gasteiger partial charge in [-0.1, -0.05) is 6.92 Å². The first kappa shape index (κ1) is 14.8. The van der Waals surface area contributed by atoms with E-state index in [9.17, 15) is 0 Å². The molecule has 2 rings (SSSR count). The smallest absolute Gasteiger partial charge is 0.0731 e. The Balaban J connectivity index is 2.23. The summed E-state index contributed by atoms with van der Waals surface area (Å²) in [5.74, 6) is 0. The number of aryl methyl sites for hydroxylation is 3. The van der Waals surface area contributed by atoms with Gasteiger partial charge < -0.3 is 5.32 Å². The van der Waals surface area contributed by atoms with Crippen LogP contribution >= 0.6 is 27.3 Å². The fourth-order valence-electron chi connectivity index (χ4n) is 2.24. The molecule has 0 aliphatic heterocycles. The first-order valence-corrected chi connectivity index (χ1v) is 8.11. The van der Waals surface area contributed by atoms with Gasteiger partial charge in [0.1, 0.15) is 0 Å². The fourth-order valence-corrected chi connectivity index (χ4v) is 3.89. The molecule has 0 radical (unpaired) electrons. The quantitative estimate of drug-likeness (QED) is 0.897. The zero-order valence-corrected chi connectivity index (χ0v) is 14.2. The maximum Gasteiger partial charge on any atom is 0.0731 e. The van der Waals surface area contributed by atoms with Crippen molar-refractivity contribution in [3.8, 4) is 0 Å². The summed E-state index contributed by atoms with van der Waals surface area (Å²) in [6.07, 6.45) is 0.970. The lowest BCUT2D eigenvalue weighted by Gasteiger charge is -2.16. The number of hydrogen-bond acceptors (Lipinski definition) is 3. The number of nitrogens with one attached hydrogen (secondary N) is 1. The van der Waals surface area contributed by atoms with Crippen molar-refractivity contribution in [2.45, 2.75) is 33.2 Å². The van der Waals surface area contributed by atoms with Crippen molar-refractivity contribution in [3.63, 3.8) is 0 Å². The van der Waals surface area contributed by atoms with Gasteiger partial charge in [0.05, 0.1) is 9.48 Å². The lowest BCUT2D eigenvalue weighted by Crippen LogP contribution is -2.23. The summed E-state index contributed by atoms with van der Waals surface area (Å²) in [4.78, 5) is 1.38. The highest BCUT2D eigenvalue weighted by Gasteiger charge is 2.17. The number of aromatic nitrogens is 2. The van der Waals surface area contributed by atoms with Crippen molar-refractivity contribution >= 4 is 27.3 Å². The number of halogens is 1. The van der Waals surface area contributed by atoms with Crippen LogP contribution in [-0.2, 0) is 13.5 Å². The lowest BCUT2D eigenvalue weighted by molar-refractivity contribution is 0.536. The Bertz CT molecular complexity index is 540. The molecule has 0 bridgehead atoms. The molecular weight excluding hydrogens is 322 g/mol. The fraction of sp³-hybridized carbons (Fsp3) is 0.500. The second-order valence-corrected chi connectivity index (χ2v) is 7.22. The van der Waals surface area contributed by atoms with Crippen molar-refractivity contribution in [3.05, 3.63) is 37.7 Å². The van der Waals surface area contributed by atoms with Gasteiger partial charge in [-0.05, 0) is 54.0 Å². The van der Waals surface area contributed by atoms with Crippen LogP contribution in [0.3, 0.4) is 0 Å². The molecule has 2 aromatic rings. The number of hydrogen-bond donors (Lipinski definition) is 1. The van der Waals surface area contributed by atoms with Crippen LogP contribution in [0.25, 0.3) is 0 Å². The topological polar surface area (TPSA) is 29.9 Å². The SMILES string of the molecule is CCNC(Cc1cc(C)nn1C)c1cc(C)c(Br)s1. The summed E-state index contributed by atoms with van der Waals surface area (Å²) in [5.41, 5.74) is 3.66. The molecule has 0 spiro atoms. The van der Waals surface area contributed by atoms with E-state index in [2.05, 4.69) is 52.3 Å². The average Bonchev–Trinajstić information content (AvgIpc) is 2.82. The lowest BCUT2D eigenvalue weighted by atomic mass is 10.1. The van der Waals surface area contributed by atoms with Crippen molar-refractivity contribution in [2.24, 2.45) is 7.05 Å². The first-order chi connectivity index (χ1) is 9.01. The zero-order chi connectivity index (χ0) is 14.0. The Hall–Kier alpha value is -0.650. The maximum atomic E-state index is 4.42. The van der Waals surface area contributed by atoms with Crippen LogP contribution < -0.4 is 5.32 Å². The van der Waals surface area contributed by atoms with Crippen LogP contribution in [0.1, 0.15) is 34.8 Å². The first-order valence-electron chi connectivity index (χ1n) is 6.50. The van der Waals surface area contributed by atoms with E-state index in [0.717, 1.165) is 18.7 Å². The molecule has 0 saturated carbocycles. The second-order valence-electron chi connectivity index (χ2n) is 4.82. The molecule has 2 heterocycles. The Kier molecular flexibility index (Phi) is 4.81. The van der Waals surface area contributed by atoms with Crippen molar-refractivity contribution < 1.29 is 0 Å². The third-order valence-corrected chi connectivity index (χ3v) is 5.43. The van der Waals surface area contributed by atoms with Crippen molar-refractivity contribution in [1.29, 1.82) is 0 Å². The number of rotatable bonds is 5. The molecule has 0 saturated heterocycles. The Labute approximate surface area is 127 Å². The summed E-state index contributed by atoms with van der Waals surface area (Å²) < 4.78 is 3.21. The van der Waals surface area contributed by atoms with Crippen molar-refractivity contribution in [1.82, 2.24) is 15.1 Å². The van der Waals surface area contributed by atoms with Gasteiger partial charge in [0.2, 0.25) is 0 Å². The van der Waals surface area contributed by atoms with Gasteiger partial charge in [0, 0.05) is 30.1 Å².